The molecule has 0 bridgehead atoms. The van der Waals surface area contributed by atoms with Gasteiger partial charge in [0.25, 0.3) is 17.7 Å². The Kier molecular flexibility index (Phi) is 36.5. The van der Waals surface area contributed by atoms with Crippen LogP contribution in [0.1, 0.15) is 156 Å². The van der Waals surface area contributed by atoms with Gasteiger partial charge in [-0.05, 0) is 179 Å². The minimum Gasteiger partial charge on any atom is -0.870 e. The molecule has 0 fully saturated rings. The zero-order valence-electron chi connectivity index (χ0n) is 59.5. The number of hydrogen-bond donors (Lipinski definition) is 9. The molecule has 3 aromatic heterocycles. The Morgan fingerprint density at radius 3 is 0.990 bits per heavy atom. The van der Waals surface area contributed by atoms with Gasteiger partial charge in [-0.15, -0.1) is 23.2 Å². The summed E-state index contributed by atoms with van der Waals surface area (Å²) in [7, 11) is -9.48. The zero-order chi connectivity index (χ0) is 76.5. The number of rotatable bonds is 20. The molecule has 0 spiro atoms. The van der Waals surface area contributed by atoms with E-state index in [2.05, 4.69) is 24.8 Å². The maximum atomic E-state index is 12.2. The van der Waals surface area contributed by atoms with Gasteiger partial charge in [0.1, 0.15) is 58.5 Å². The average molecular weight is 1550 g/mol. The van der Waals surface area contributed by atoms with Crippen molar-refractivity contribution in [2.75, 3.05) is 22.3 Å². The molecule has 0 radical (unpaired) electrons. The van der Waals surface area contributed by atoms with Crippen molar-refractivity contribution in [3.63, 3.8) is 0 Å². The number of alkyl halides is 2. The second-order valence-electron chi connectivity index (χ2n) is 27.8. The number of aliphatic carboxylic acids is 1. The number of amides is 3. The predicted molar refractivity (Wildman–Crippen MR) is 381 cm³/mol. The Hall–Kier alpha value is -6.43. The van der Waals surface area contributed by atoms with Crippen molar-refractivity contribution >= 4 is 141 Å². The maximum absolute atomic E-state index is 12.2. The van der Waals surface area contributed by atoms with Crippen LogP contribution < -0.4 is 65.4 Å². The third kappa shape index (κ3) is 39.1. The first-order valence-electron chi connectivity index (χ1n) is 29.2. The summed E-state index contributed by atoms with van der Waals surface area (Å²) in [6, 6.07) is 13.8. The van der Waals surface area contributed by atoms with E-state index in [4.69, 9.17) is 70.2 Å². The van der Waals surface area contributed by atoms with Gasteiger partial charge in [0.15, 0.2) is 0 Å². The van der Waals surface area contributed by atoms with Crippen LogP contribution in [-0.2, 0) is 82.6 Å². The van der Waals surface area contributed by atoms with Crippen LogP contribution in [0.2, 0.25) is 0 Å². The van der Waals surface area contributed by atoms with Gasteiger partial charge in [0.05, 0.1) is 16.7 Å². The summed E-state index contributed by atoms with van der Waals surface area (Å²) in [4.78, 5) is 70.0. The molecule has 3 aromatic carbocycles. The van der Waals surface area contributed by atoms with Crippen molar-refractivity contribution in [2.24, 2.45) is 22.9 Å². The van der Waals surface area contributed by atoms with E-state index in [9.17, 15) is 67.5 Å². The van der Waals surface area contributed by atoms with Gasteiger partial charge in [0.2, 0.25) is 51.0 Å². The molecule has 14 N–H and O–H groups in total. The van der Waals surface area contributed by atoms with E-state index >= 15 is 0 Å². The number of carboxylic acid groups (broad SMARTS) is 1. The fourth-order valence-electron chi connectivity index (χ4n) is 7.95. The van der Waals surface area contributed by atoms with Gasteiger partial charge in [-0.1, -0.05) is 0 Å². The van der Waals surface area contributed by atoms with Gasteiger partial charge in [-0.3, -0.25) is 28.8 Å². The van der Waals surface area contributed by atoms with E-state index in [1.54, 1.807) is 137 Å². The number of carboxylic acids is 1. The summed E-state index contributed by atoms with van der Waals surface area (Å²) in [6.07, 6.45) is 4.32. The third-order valence-electron chi connectivity index (χ3n) is 10.5. The quantitative estimate of drug-likeness (QED) is 0.0225. The Balaban J connectivity index is 0. The van der Waals surface area contributed by atoms with Gasteiger partial charge < -0.3 is 71.3 Å². The van der Waals surface area contributed by atoms with Gasteiger partial charge in [0, 0.05) is 84.1 Å². The molecule has 0 saturated carbocycles. The summed E-state index contributed by atoms with van der Waals surface area (Å²) in [5.41, 5.74) is 20.8. The summed E-state index contributed by atoms with van der Waals surface area (Å²) >= 11 is 9.91. The number of aromatic hydroxyl groups is 1. The molecule has 31 nitrogen and oxygen atoms in total. The minimum atomic E-state index is -3.68. The number of hydrogen-bond acceptors (Lipinski definition) is 21. The van der Waals surface area contributed by atoms with Crippen LogP contribution >= 0.6 is 33.9 Å². The number of sulfonamides is 3. The molecule has 39 heteroatoms. The fraction of sp³-hybridized carbons (Fsp3) is 0.508. The summed E-state index contributed by atoms with van der Waals surface area (Å²) in [5, 5.41) is 18.9. The number of esters is 2. The Morgan fingerprint density at radius 1 is 0.480 bits per heavy atom. The topological polar surface area (TPSA) is 501 Å². The predicted octanol–water partition coefficient (Wildman–Crippen LogP) is 4.03. The molecule has 3 amide bonds. The summed E-state index contributed by atoms with van der Waals surface area (Å²) < 4.78 is 122. The van der Waals surface area contributed by atoms with Crippen LogP contribution in [0.15, 0.2) is 73.2 Å². The number of halogens is 3. The average Bonchev–Trinajstić information content (AvgIpc) is 1.65. The Labute approximate surface area is 611 Å². The summed E-state index contributed by atoms with van der Waals surface area (Å²) in [5.74, 6) is -4.66. The first-order chi connectivity index (χ1) is 43.9. The van der Waals surface area contributed by atoms with E-state index in [-0.39, 0.29) is 88.7 Å². The molecule has 0 saturated heterocycles. The standard InChI is InChI=1S/C20H29N3O6S.C16H21N3O6S.C15H18N2O4.C5H12ClNO2S.C4H11N.CH2Cl2O2S.Li.H2O/c1-19(2,3)22-30(26,27)12-28-13-7-8-16-14(9-13)15(18(21)25)10-23(16)11-17(24)29-20(4,5)6;1-16(2,3)18-26(23,24)9-25-10-4-5-13-11(6-10)12(15(17)22)7-19(13)8-14(20)21;1-15(2,3)21-13(19)8-17-7-11(14(16)20)10-6-9(18)4-5-12(10)17;1-5(2,3)7-10(8,9)4-6;1-4(2,3)5;2-1-6(3,4)5;;/h7-10,22H,11-12H2,1-6H3,(H2,21,25);4-7,18H,8-9H2,1-3H3,(H2,17,22)(H,20,21);4-7,18H,8H2,1-3H3,(H2,16,20);7H,4H2,1-3H3;5H2,1-3H3;1H2;;1H2/q;;;;;;+1;/p-1. The van der Waals surface area contributed by atoms with Crippen LogP contribution in [0, 0.1) is 0 Å². The molecule has 560 valence electrons. The van der Waals surface area contributed by atoms with Crippen molar-refractivity contribution in [3.8, 4) is 17.2 Å². The number of nitrogens with one attached hydrogen (secondary N) is 3. The Bertz CT molecular complexity index is 4270. The number of carbonyl (C=O) groups excluding carboxylic acids is 5. The van der Waals surface area contributed by atoms with Gasteiger partial charge in [-0.25, -0.2) is 47.8 Å². The van der Waals surface area contributed by atoms with E-state index in [1.165, 1.54) is 53.5 Å². The first-order valence-corrected chi connectivity index (χ1v) is 37.7. The number of benzene rings is 3. The number of phenolic OH excluding ortho intramolecular Hbond substituents is 1. The molecule has 0 aliphatic rings. The molecule has 0 aliphatic carbocycles. The smallest absolute Gasteiger partial charge is 0.870 e. The Morgan fingerprint density at radius 2 is 0.750 bits per heavy atom. The molecule has 0 atom stereocenters. The normalized spacial score (nSPS) is 12.1. The van der Waals surface area contributed by atoms with Crippen molar-refractivity contribution < 1.29 is 116 Å². The van der Waals surface area contributed by atoms with Crippen LogP contribution in [0.3, 0.4) is 0 Å². The third-order valence-corrected chi connectivity index (χ3v) is 17.1. The maximum Gasteiger partial charge on any atom is 1.00 e. The van der Waals surface area contributed by atoms with Crippen molar-refractivity contribution in [1.29, 1.82) is 0 Å². The van der Waals surface area contributed by atoms with Crippen molar-refractivity contribution in [2.45, 2.75) is 178 Å². The van der Waals surface area contributed by atoms with E-state index in [0.29, 0.717) is 32.7 Å². The summed E-state index contributed by atoms with van der Waals surface area (Å²) in [6.45, 7) is 31.6. The molecule has 100 heavy (non-hydrogen) atoms. The molecule has 6 aromatic rings. The van der Waals surface area contributed by atoms with Crippen LogP contribution in [0.25, 0.3) is 32.7 Å². The number of ether oxygens (including phenoxy) is 4. The monoisotopic (exact) mass is 1540 g/mol. The minimum absolute atomic E-state index is 0. The van der Waals surface area contributed by atoms with Crippen LogP contribution in [0.4, 0.5) is 0 Å². The van der Waals surface area contributed by atoms with Gasteiger partial charge in [-0.2, -0.15) is 0 Å². The van der Waals surface area contributed by atoms with Crippen LogP contribution in [0.5, 0.6) is 17.2 Å². The second kappa shape index (κ2) is 38.2. The first kappa shape index (κ1) is 95.6. The number of aromatic nitrogens is 3. The molecular weight excluding hydrogens is 1450 g/mol. The van der Waals surface area contributed by atoms with E-state index < -0.39 is 120 Å². The number of primary amides is 3. The number of carbonyl (C=O) groups is 6. The van der Waals surface area contributed by atoms with Crippen LogP contribution in [-0.4, -0.2) is 154 Å². The van der Waals surface area contributed by atoms with E-state index in [1.807, 2.05) is 20.8 Å². The number of phenols is 1. The molecule has 0 aliphatic heterocycles. The van der Waals surface area contributed by atoms with E-state index in [0.717, 1.165) is 0 Å². The number of fused-ring (bicyclic) bond motifs is 3. The number of nitrogens with two attached hydrogens (primary N) is 4. The SMILES string of the molecule is CC(C)(C)N.CC(C)(C)NS(=O)(=O)CCl.CC(C)(C)NS(=O)(=O)COc1ccc2c(c1)c(C(N)=O)cn2CC(=O)O.CC(C)(C)NS(=O)(=O)COc1ccc2c(c1)c(C(N)=O)cn2CC(=O)OC(C)(C)C.CC(C)(C)OC(=O)Cn1cc(C(N)=O)c2cc(O)ccc21.O=S(=O)(Cl)CCl.[Li+].[OH-]. The molecule has 3 heterocycles. The second-order valence-corrected chi connectivity index (χ2v) is 36.8. The zero-order valence-corrected chi connectivity index (χ0v) is 65.0. The largest absolute Gasteiger partial charge is 1.00 e. The molecule has 0 unspecified atom stereocenters. The van der Waals surface area contributed by atoms with Crippen molar-refractivity contribution in [3.05, 3.63) is 89.9 Å². The van der Waals surface area contributed by atoms with Crippen molar-refractivity contribution in [1.82, 2.24) is 27.9 Å². The van der Waals surface area contributed by atoms with Gasteiger partial charge >= 0.3 is 36.8 Å². The molecule has 6 rings (SSSR count). The number of nitrogens with zero attached hydrogens (tertiary/aromatic N) is 3. The fourth-order valence-corrected chi connectivity index (χ4v) is 11.7. The molecular formula is C61H94Cl3LiN10O21S4.